The molecule has 0 unspecified atom stereocenters. The Morgan fingerprint density at radius 2 is 2.56 bits per heavy atom. The SMILES string of the molecule is [CH]=C/C=C/c1ncc[nH]1. The Morgan fingerprint density at radius 3 is 3.11 bits per heavy atom. The highest BCUT2D eigenvalue weighted by molar-refractivity contribution is 5.41. The minimum Gasteiger partial charge on any atom is -0.345 e. The smallest absolute Gasteiger partial charge is 0.129 e. The lowest BCUT2D eigenvalue weighted by Crippen LogP contribution is -1.70. The molecule has 0 aliphatic heterocycles. The van der Waals surface area contributed by atoms with Gasteiger partial charge in [0.25, 0.3) is 0 Å². The second-order valence-electron chi connectivity index (χ2n) is 1.53. The topological polar surface area (TPSA) is 28.7 Å². The molecule has 1 radical (unpaired) electrons. The lowest BCUT2D eigenvalue weighted by Gasteiger charge is -1.77. The van der Waals surface area contributed by atoms with Crippen LogP contribution in [0, 0.1) is 6.58 Å². The first-order valence-electron chi connectivity index (χ1n) is 2.64. The van der Waals surface area contributed by atoms with Crippen molar-refractivity contribution < 1.29 is 0 Å². The fourth-order valence-corrected chi connectivity index (χ4v) is 0.515. The molecule has 1 N–H and O–H groups in total. The van der Waals surface area contributed by atoms with Gasteiger partial charge in [0.2, 0.25) is 0 Å². The normalized spacial score (nSPS) is 10.2. The molecule has 0 amide bonds. The van der Waals surface area contributed by atoms with Crippen molar-refractivity contribution in [1.82, 2.24) is 9.97 Å². The Kier molecular flexibility index (Phi) is 1.85. The van der Waals surface area contributed by atoms with E-state index in [1.165, 1.54) is 6.08 Å². The van der Waals surface area contributed by atoms with Crippen LogP contribution in [0.4, 0.5) is 0 Å². The molecular formula is C7H7N2. The molecule has 0 spiro atoms. The van der Waals surface area contributed by atoms with Gasteiger partial charge in [-0.3, -0.25) is 0 Å². The molecule has 0 aromatic carbocycles. The van der Waals surface area contributed by atoms with Crippen LogP contribution in [0.3, 0.4) is 0 Å². The van der Waals surface area contributed by atoms with Crippen molar-refractivity contribution in [2.75, 3.05) is 0 Å². The minimum absolute atomic E-state index is 0.816. The largest absolute Gasteiger partial charge is 0.345 e. The molecule has 0 saturated heterocycles. The summed E-state index contributed by atoms with van der Waals surface area (Å²) in [5.41, 5.74) is 0. The summed E-state index contributed by atoms with van der Waals surface area (Å²) in [5.74, 6) is 0.816. The number of imidazole rings is 1. The highest BCUT2D eigenvalue weighted by Gasteiger charge is 1.80. The molecule has 2 nitrogen and oxygen atoms in total. The third-order valence-electron chi connectivity index (χ3n) is 0.885. The molecule has 0 aliphatic carbocycles. The van der Waals surface area contributed by atoms with E-state index in [0.29, 0.717) is 0 Å². The number of rotatable bonds is 2. The maximum Gasteiger partial charge on any atom is 0.129 e. The zero-order chi connectivity index (χ0) is 6.53. The number of hydrogen-bond acceptors (Lipinski definition) is 1. The number of nitrogens with zero attached hydrogens (tertiary/aromatic N) is 1. The van der Waals surface area contributed by atoms with Gasteiger partial charge in [0.15, 0.2) is 0 Å². The van der Waals surface area contributed by atoms with Crippen LogP contribution in [-0.2, 0) is 0 Å². The third kappa shape index (κ3) is 1.57. The van der Waals surface area contributed by atoms with Gasteiger partial charge in [-0.05, 0) is 6.08 Å². The molecular weight excluding hydrogens is 112 g/mol. The zero-order valence-corrected chi connectivity index (χ0v) is 4.91. The third-order valence-corrected chi connectivity index (χ3v) is 0.885. The van der Waals surface area contributed by atoms with E-state index in [9.17, 15) is 0 Å². The van der Waals surface area contributed by atoms with Crippen molar-refractivity contribution in [2.45, 2.75) is 0 Å². The number of aromatic nitrogens is 2. The second-order valence-corrected chi connectivity index (χ2v) is 1.53. The molecule has 0 aliphatic rings. The zero-order valence-electron chi connectivity index (χ0n) is 4.91. The van der Waals surface area contributed by atoms with Crippen LogP contribution in [0.25, 0.3) is 6.08 Å². The summed E-state index contributed by atoms with van der Waals surface area (Å²) >= 11 is 0. The number of allylic oxidation sites excluding steroid dienone is 2. The maximum absolute atomic E-state index is 5.09. The summed E-state index contributed by atoms with van der Waals surface area (Å²) in [6.45, 7) is 5.09. The quantitative estimate of drug-likeness (QED) is 0.586. The van der Waals surface area contributed by atoms with E-state index in [2.05, 4.69) is 9.97 Å². The van der Waals surface area contributed by atoms with Crippen molar-refractivity contribution in [3.63, 3.8) is 0 Å². The molecule has 1 aromatic rings. The first-order chi connectivity index (χ1) is 4.43. The lowest BCUT2D eigenvalue weighted by atomic mass is 10.5. The fourth-order valence-electron chi connectivity index (χ4n) is 0.515. The van der Waals surface area contributed by atoms with Crippen molar-refractivity contribution in [2.24, 2.45) is 0 Å². The molecule has 0 fully saturated rings. The van der Waals surface area contributed by atoms with Gasteiger partial charge in [0, 0.05) is 12.4 Å². The molecule has 9 heavy (non-hydrogen) atoms. The van der Waals surface area contributed by atoms with Crippen molar-refractivity contribution >= 4 is 6.08 Å². The summed E-state index contributed by atoms with van der Waals surface area (Å²) in [5, 5.41) is 0. The predicted octanol–water partition coefficient (Wildman–Crippen LogP) is 1.41. The van der Waals surface area contributed by atoms with Crippen molar-refractivity contribution in [1.29, 1.82) is 0 Å². The summed E-state index contributed by atoms with van der Waals surface area (Å²) < 4.78 is 0. The number of nitrogens with one attached hydrogen (secondary N) is 1. The van der Waals surface area contributed by atoms with E-state index in [-0.39, 0.29) is 0 Å². The molecule has 2 heteroatoms. The Bertz CT molecular complexity index is 197. The van der Waals surface area contributed by atoms with Crippen molar-refractivity contribution in [3.05, 3.63) is 36.9 Å². The summed E-state index contributed by atoms with van der Waals surface area (Å²) in [7, 11) is 0. The van der Waals surface area contributed by atoms with Crippen LogP contribution < -0.4 is 0 Å². The highest BCUT2D eigenvalue weighted by atomic mass is 14.9. The minimum atomic E-state index is 0.816. The van der Waals surface area contributed by atoms with Crippen LogP contribution in [0.15, 0.2) is 24.5 Å². The van der Waals surface area contributed by atoms with Crippen LogP contribution in [0.2, 0.25) is 0 Å². The summed E-state index contributed by atoms with van der Waals surface area (Å²) in [6.07, 6.45) is 8.42. The monoisotopic (exact) mass is 119 g/mol. The average molecular weight is 119 g/mol. The highest BCUT2D eigenvalue weighted by Crippen LogP contribution is 1.90. The van der Waals surface area contributed by atoms with Gasteiger partial charge in [-0.1, -0.05) is 18.7 Å². The molecule has 1 aromatic heterocycles. The fraction of sp³-hybridized carbons (Fsp3) is 0. The predicted molar refractivity (Wildman–Crippen MR) is 36.5 cm³/mol. The number of H-pyrrole nitrogens is 1. The van der Waals surface area contributed by atoms with Crippen LogP contribution in [0.1, 0.15) is 5.82 Å². The standard InChI is InChI=1S/C7H7N2/c1-2-3-4-7-8-5-6-9-7/h1-6H,(H,8,9)/b2-1?,4-3+. The summed E-state index contributed by atoms with van der Waals surface area (Å²) in [4.78, 5) is 6.83. The maximum atomic E-state index is 5.09. The summed E-state index contributed by atoms with van der Waals surface area (Å²) in [6, 6.07) is 0. The van der Waals surface area contributed by atoms with Crippen molar-refractivity contribution in [3.8, 4) is 0 Å². The van der Waals surface area contributed by atoms with Gasteiger partial charge in [-0.25, -0.2) is 4.98 Å². The van der Waals surface area contributed by atoms with Gasteiger partial charge < -0.3 is 4.98 Å². The molecule has 1 rings (SSSR count). The van der Waals surface area contributed by atoms with Gasteiger partial charge >= 0.3 is 0 Å². The molecule has 45 valence electrons. The lowest BCUT2D eigenvalue weighted by molar-refractivity contribution is 1.26. The molecule has 0 atom stereocenters. The number of hydrogen-bond donors (Lipinski definition) is 1. The van der Waals surface area contributed by atoms with Gasteiger partial charge in [-0.15, -0.1) is 0 Å². The van der Waals surface area contributed by atoms with E-state index >= 15 is 0 Å². The van der Waals surface area contributed by atoms with E-state index in [4.69, 9.17) is 6.58 Å². The average Bonchev–Trinajstić information content (AvgIpc) is 2.34. The Morgan fingerprint density at radius 1 is 1.67 bits per heavy atom. The molecule has 1 heterocycles. The first kappa shape index (κ1) is 5.82. The number of aromatic amines is 1. The van der Waals surface area contributed by atoms with Crippen LogP contribution >= 0.6 is 0 Å². The van der Waals surface area contributed by atoms with Crippen LogP contribution in [-0.4, -0.2) is 9.97 Å². The molecule has 0 saturated carbocycles. The van der Waals surface area contributed by atoms with E-state index in [0.717, 1.165) is 5.82 Å². The van der Waals surface area contributed by atoms with E-state index in [1.54, 1.807) is 24.5 Å². The van der Waals surface area contributed by atoms with Gasteiger partial charge in [0.1, 0.15) is 5.82 Å². The van der Waals surface area contributed by atoms with Gasteiger partial charge in [-0.2, -0.15) is 0 Å². The van der Waals surface area contributed by atoms with Gasteiger partial charge in [0.05, 0.1) is 0 Å². The second kappa shape index (κ2) is 2.87. The Hall–Kier alpha value is -1.31. The van der Waals surface area contributed by atoms with E-state index < -0.39 is 0 Å². The Labute approximate surface area is 53.9 Å². The Balaban J connectivity index is 2.67. The molecule has 0 bridgehead atoms. The van der Waals surface area contributed by atoms with Crippen LogP contribution in [0.5, 0.6) is 0 Å². The van der Waals surface area contributed by atoms with E-state index in [1.807, 2.05) is 0 Å². The first-order valence-corrected chi connectivity index (χ1v) is 2.64.